The van der Waals surface area contributed by atoms with Crippen LogP contribution in [0.4, 0.5) is 0 Å². The van der Waals surface area contributed by atoms with E-state index in [1.54, 1.807) is 48.5 Å². The van der Waals surface area contributed by atoms with E-state index in [9.17, 15) is 29.1 Å². The van der Waals surface area contributed by atoms with Gasteiger partial charge in [-0.05, 0) is 82.7 Å². The molecule has 1 saturated carbocycles. The smallest absolute Gasteiger partial charge is 0.326 e. The van der Waals surface area contributed by atoms with Gasteiger partial charge in [0.2, 0.25) is 17.7 Å². The van der Waals surface area contributed by atoms with Gasteiger partial charge >= 0.3 is 5.97 Å². The minimum absolute atomic E-state index is 0.0546. The summed E-state index contributed by atoms with van der Waals surface area (Å²) >= 11 is 0. The molecule has 0 bridgehead atoms. The summed E-state index contributed by atoms with van der Waals surface area (Å²) in [6, 6.07) is 37.2. The highest BCUT2D eigenvalue weighted by Gasteiger charge is 2.38. The van der Waals surface area contributed by atoms with Crippen LogP contribution in [0.2, 0.25) is 0 Å². The molecule has 1 aliphatic carbocycles. The summed E-state index contributed by atoms with van der Waals surface area (Å²) in [5.74, 6) is -2.37. The van der Waals surface area contributed by atoms with Crippen LogP contribution in [0.1, 0.15) is 87.3 Å². The lowest BCUT2D eigenvalue weighted by atomic mass is 9.84. The number of nitrogens with two attached hydrogens (primary N) is 1. The highest BCUT2D eigenvalue weighted by molar-refractivity contribution is 5.95. The molecule has 0 spiro atoms. The second-order valence-electron chi connectivity index (χ2n) is 16.9. The Bertz CT molecular complexity index is 2330. The van der Waals surface area contributed by atoms with Crippen LogP contribution in [0.3, 0.4) is 0 Å². The number of fused-ring (bicyclic) bond motifs is 1. The summed E-state index contributed by atoms with van der Waals surface area (Å²) in [4.78, 5) is 69.4. The molecule has 6 N–H and O–H groups in total. The van der Waals surface area contributed by atoms with Gasteiger partial charge in [-0.2, -0.15) is 0 Å². The van der Waals surface area contributed by atoms with Gasteiger partial charge < -0.3 is 31.7 Å². The van der Waals surface area contributed by atoms with Crippen LogP contribution in [-0.4, -0.2) is 70.3 Å². The standard InChI is InChI=1S/C52H57N5O6/c53-44(30-38-22-26-41(27-23-38)48(58)54-29-28-35-20-24-40(25-21-35)39-16-8-3-9-17-39)51(61)57-34-43-19-11-10-18-42(43)33-47(57)50(60)55-45(31-36-12-4-1-5-13-36)49(59)56-46(52(62)63)32-37-14-6-2-7-15-37/h1-2,4-7,10-15,18-27,39,44-47H,3,8-9,16-17,28-34,53H2,(H,54,58)(H,55,60)(H,56,59)(H,62,63)/t44-,45-,46-,47?/m0/s1. The number of benzene rings is 5. The zero-order chi connectivity index (χ0) is 44.1. The number of carbonyl (C=O) groups excluding carboxylic acids is 4. The van der Waals surface area contributed by atoms with Crippen LogP contribution in [0.5, 0.6) is 0 Å². The Hall–Kier alpha value is -6.59. The Kier molecular flexibility index (Phi) is 15.2. The van der Waals surface area contributed by atoms with Crippen molar-refractivity contribution in [3.05, 3.63) is 178 Å². The Morgan fingerprint density at radius 2 is 1.21 bits per heavy atom. The second kappa shape index (κ2) is 21.5. The van der Waals surface area contributed by atoms with E-state index in [1.165, 1.54) is 48.1 Å². The Labute approximate surface area is 369 Å². The van der Waals surface area contributed by atoms with E-state index >= 15 is 0 Å². The first-order valence-electron chi connectivity index (χ1n) is 22.1. The largest absolute Gasteiger partial charge is 0.480 e. The van der Waals surface area contributed by atoms with Gasteiger partial charge in [0.05, 0.1) is 6.04 Å². The summed E-state index contributed by atoms with van der Waals surface area (Å²) < 4.78 is 0. The molecule has 1 aliphatic heterocycles. The van der Waals surface area contributed by atoms with Gasteiger partial charge in [-0.1, -0.05) is 141 Å². The summed E-state index contributed by atoms with van der Waals surface area (Å²) in [6.07, 6.45) is 7.70. The molecule has 2 aliphatic rings. The van der Waals surface area contributed by atoms with Crippen LogP contribution in [0.25, 0.3) is 0 Å². The maximum atomic E-state index is 14.4. The number of nitrogens with one attached hydrogen (secondary N) is 3. The zero-order valence-electron chi connectivity index (χ0n) is 35.6. The highest BCUT2D eigenvalue weighted by atomic mass is 16.4. The zero-order valence-corrected chi connectivity index (χ0v) is 35.6. The Morgan fingerprint density at radius 1 is 0.635 bits per heavy atom. The van der Waals surface area contributed by atoms with Gasteiger partial charge in [-0.3, -0.25) is 19.2 Å². The minimum Gasteiger partial charge on any atom is -0.480 e. The number of hydrogen-bond acceptors (Lipinski definition) is 6. The lowest BCUT2D eigenvalue weighted by Crippen LogP contribution is -2.60. The fourth-order valence-electron chi connectivity index (χ4n) is 8.80. The molecule has 5 aromatic carbocycles. The third-order valence-corrected chi connectivity index (χ3v) is 12.4. The number of rotatable bonds is 17. The van der Waals surface area contributed by atoms with E-state index < -0.39 is 47.9 Å². The molecule has 4 atom stereocenters. The number of aliphatic carboxylic acids is 1. The van der Waals surface area contributed by atoms with Crippen molar-refractivity contribution in [2.24, 2.45) is 5.73 Å². The fraction of sp³-hybridized carbons (Fsp3) is 0.327. The monoisotopic (exact) mass is 847 g/mol. The van der Waals surface area contributed by atoms with E-state index in [-0.39, 0.29) is 38.1 Å². The van der Waals surface area contributed by atoms with Crippen molar-refractivity contribution in [2.45, 2.75) is 101 Å². The van der Waals surface area contributed by atoms with Crippen molar-refractivity contribution in [1.29, 1.82) is 0 Å². The van der Waals surface area contributed by atoms with E-state index in [0.29, 0.717) is 18.0 Å². The van der Waals surface area contributed by atoms with Crippen molar-refractivity contribution in [3.63, 3.8) is 0 Å². The molecule has 0 aromatic heterocycles. The maximum absolute atomic E-state index is 14.4. The summed E-state index contributed by atoms with van der Waals surface area (Å²) in [6.45, 7) is 0.642. The Morgan fingerprint density at radius 3 is 1.84 bits per heavy atom. The van der Waals surface area contributed by atoms with Gasteiger partial charge in [0.1, 0.15) is 18.1 Å². The third-order valence-electron chi connectivity index (χ3n) is 12.4. The molecule has 11 nitrogen and oxygen atoms in total. The average Bonchev–Trinajstić information content (AvgIpc) is 3.31. The van der Waals surface area contributed by atoms with Crippen molar-refractivity contribution in [3.8, 4) is 0 Å². The molecule has 0 radical (unpaired) electrons. The number of nitrogens with zero attached hydrogens (tertiary/aromatic N) is 1. The van der Waals surface area contributed by atoms with Crippen LogP contribution < -0.4 is 21.7 Å². The average molecular weight is 848 g/mol. The van der Waals surface area contributed by atoms with E-state index in [2.05, 4.69) is 40.2 Å². The van der Waals surface area contributed by atoms with Gasteiger partial charge in [-0.25, -0.2) is 4.79 Å². The maximum Gasteiger partial charge on any atom is 0.326 e. The lowest BCUT2D eigenvalue weighted by Gasteiger charge is -2.38. The number of hydrogen-bond donors (Lipinski definition) is 5. The van der Waals surface area contributed by atoms with E-state index in [4.69, 9.17) is 5.73 Å². The van der Waals surface area contributed by atoms with Crippen molar-refractivity contribution < 1.29 is 29.1 Å². The van der Waals surface area contributed by atoms with E-state index in [0.717, 1.165) is 34.2 Å². The predicted octanol–water partition coefficient (Wildman–Crippen LogP) is 6.07. The number of carbonyl (C=O) groups is 5. The van der Waals surface area contributed by atoms with Gasteiger partial charge in [-0.15, -0.1) is 0 Å². The normalized spacial score (nSPS) is 16.5. The van der Waals surface area contributed by atoms with Crippen molar-refractivity contribution in [2.75, 3.05) is 6.54 Å². The molecule has 63 heavy (non-hydrogen) atoms. The second-order valence-corrected chi connectivity index (χ2v) is 16.9. The molecule has 5 aromatic rings. The van der Waals surface area contributed by atoms with Crippen LogP contribution in [0.15, 0.2) is 133 Å². The Balaban J connectivity index is 0.988. The first-order valence-corrected chi connectivity index (χ1v) is 22.1. The summed E-state index contributed by atoms with van der Waals surface area (Å²) in [5, 5.41) is 18.6. The number of carboxylic acid groups (broad SMARTS) is 1. The van der Waals surface area contributed by atoms with Crippen molar-refractivity contribution >= 4 is 29.6 Å². The number of carboxylic acids is 1. The molecular formula is C52H57N5O6. The van der Waals surface area contributed by atoms with Crippen molar-refractivity contribution in [1.82, 2.24) is 20.9 Å². The molecule has 1 unspecified atom stereocenters. The molecule has 1 fully saturated rings. The summed E-state index contributed by atoms with van der Waals surface area (Å²) in [5.41, 5.74) is 13.7. The minimum atomic E-state index is -1.24. The lowest BCUT2D eigenvalue weighted by molar-refractivity contribution is -0.144. The SMILES string of the molecule is N[C@@H](Cc1ccc(C(=O)NCCc2ccc(C3CCCCC3)cc2)cc1)C(=O)N1Cc2ccccc2CC1C(=O)N[C@@H](Cc1ccccc1)C(=O)N[C@@H](Cc1ccccc1)C(=O)O. The topological polar surface area (TPSA) is 171 Å². The molecule has 326 valence electrons. The van der Waals surface area contributed by atoms with E-state index in [1.807, 2.05) is 60.7 Å². The van der Waals surface area contributed by atoms with Gasteiger partial charge in [0, 0.05) is 37.9 Å². The molecule has 0 saturated heterocycles. The first kappa shape index (κ1) is 44.5. The molecule has 11 heteroatoms. The summed E-state index contributed by atoms with van der Waals surface area (Å²) in [7, 11) is 0. The first-order chi connectivity index (χ1) is 30.6. The quantitative estimate of drug-likeness (QED) is 0.0757. The van der Waals surface area contributed by atoms with Gasteiger partial charge in [0.15, 0.2) is 0 Å². The highest BCUT2D eigenvalue weighted by Crippen LogP contribution is 2.32. The molecular weight excluding hydrogens is 791 g/mol. The molecule has 1 heterocycles. The fourth-order valence-corrected chi connectivity index (χ4v) is 8.80. The van der Waals surface area contributed by atoms with Crippen LogP contribution >= 0.6 is 0 Å². The predicted molar refractivity (Wildman–Crippen MR) is 243 cm³/mol. The van der Waals surface area contributed by atoms with Crippen LogP contribution in [-0.2, 0) is 57.8 Å². The van der Waals surface area contributed by atoms with Crippen LogP contribution in [0, 0.1) is 0 Å². The molecule has 7 rings (SSSR count). The third kappa shape index (κ3) is 12.1. The molecule has 4 amide bonds. The van der Waals surface area contributed by atoms with Gasteiger partial charge in [0.25, 0.3) is 5.91 Å². The number of amides is 4.